The van der Waals surface area contributed by atoms with Crippen molar-refractivity contribution in [3.05, 3.63) is 71.3 Å². The van der Waals surface area contributed by atoms with Gasteiger partial charge in [-0.3, -0.25) is 0 Å². The van der Waals surface area contributed by atoms with Crippen LogP contribution in [-0.2, 0) is 18.9 Å². The van der Waals surface area contributed by atoms with Gasteiger partial charge in [-0.25, -0.2) is 18.4 Å². The molecule has 2 atom stereocenters. The lowest BCUT2D eigenvalue weighted by Crippen LogP contribution is -2.44. The fourth-order valence-corrected chi connectivity index (χ4v) is 2.18. The lowest BCUT2D eigenvalue weighted by molar-refractivity contribution is -0.288. The second-order valence-electron chi connectivity index (χ2n) is 5.30. The summed E-state index contributed by atoms with van der Waals surface area (Å²) < 4.78 is 46.7. The zero-order valence-corrected chi connectivity index (χ0v) is 13.4. The number of halogens is 2. The number of esters is 2. The van der Waals surface area contributed by atoms with Crippen LogP contribution in [0.3, 0.4) is 0 Å². The van der Waals surface area contributed by atoms with Gasteiger partial charge in [0, 0.05) is 0 Å². The molecule has 0 amide bonds. The molecular weight excluding hydrogens is 350 g/mol. The first kappa shape index (κ1) is 18.0. The number of benzene rings is 2. The van der Waals surface area contributed by atoms with Crippen molar-refractivity contribution in [3.8, 4) is 0 Å². The monoisotopic (exact) mass is 364 g/mol. The Hall–Kier alpha value is -2.84. The first-order valence-electron chi connectivity index (χ1n) is 7.69. The van der Waals surface area contributed by atoms with Crippen LogP contribution in [0, 0.1) is 11.6 Å². The molecule has 6 nitrogen and oxygen atoms in total. The molecule has 0 unspecified atom stereocenters. The Kier molecular flexibility index (Phi) is 5.55. The molecular formula is C18H14F2O6. The van der Waals surface area contributed by atoms with Crippen LogP contribution in [0.5, 0.6) is 0 Å². The summed E-state index contributed by atoms with van der Waals surface area (Å²) in [5.74, 6) is -2.57. The SMILES string of the molecule is O=C(O[C@H]1OCCO[C@@H]1OC(=O)c1ccc(F)cc1)c1ccc(F)cc1. The minimum absolute atomic E-state index is 0.101. The van der Waals surface area contributed by atoms with Crippen molar-refractivity contribution in [1.29, 1.82) is 0 Å². The van der Waals surface area contributed by atoms with Crippen LogP contribution >= 0.6 is 0 Å². The number of carbonyl (C=O) groups is 2. The second kappa shape index (κ2) is 8.03. The van der Waals surface area contributed by atoms with Crippen LogP contribution in [0.15, 0.2) is 48.5 Å². The molecule has 2 aromatic rings. The molecule has 1 fully saturated rings. The zero-order chi connectivity index (χ0) is 18.5. The molecule has 0 aromatic heterocycles. The minimum atomic E-state index is -1.29. The van der Waals surface area contributed by atoms with Gasteiger partial charge in [0.05, 0.1) is 24.3 Å². The van der Waals surface area contributed by atoms with E-state index in [1.807, 2.05) is 0 Å². The summed E-state index contributed by atoms with van der Waals surface area (Å²) >= 11 is 0. The van der Waals surface area contributed by atoms with Crippen LogP contribution in [0.2, 0.25) is 0 Å². The quantitative estimate of drug-likeness (QED) is 0.777. The molecule has 0 radical (unpaired) electrons. The third-order valence-electron chi connectivity index (χ3n) is 3.48. The maximum Gasteiger partial charge on any atom is 0.340 e. The van der Waals surface area contributed by atoms with Crippen molar-refractivity contribution in [2.45, 2.75) is 12.6 Å². The van der Waals surface area contributed by atoms with Crippen molar-refractivity contribution in [2.75, 3.05) is 13.2 Å². The topological polar surface area (TPSA) is 71.1 Å². The van der Waals surface area contributed by atoms with E-state index in [2.05, 4.69) is 0 Å². The lowest BCUT2D eigenvalue weighted by atomic mass is 10.2. The van der Waals surface area contributed by atoms with Gasteiger partial charge in [0.25, 0.3) is 12.6 Å². The highest BCUT2D eigenvalue weighted by molar-refractivity contribution is 5.90. The van der Waals surface area contributed by atoms with Gasteiger partial charge in [0.15, 0.2) is 0 Å². The number of hydrogen-bond donors (Lipinski definition) is 0. The summed E-state index contributed by atoms with van der Waals surface area (Å²) in [6.45, 7) is 0.262. The van der Waals surface area contributed by atoms with E-state index in [1.54, 1.807) is 0 Å². The summed E-state index contributed by atoms with van der Waals surface area (Å²) in [4.78, 5) is 24.2. The van der Waals surface area contributed by atoms with Crippen LogP contribution in [0.25, 0.3) is 0 Å². The van der Waals surface area contributed by atoms with E-state index in [0.29, 0.717) is 0 Å². The van der Waals surface area contributed by atoms with Gasteiger partial charge in [-0.1, -0.05) is 0 Å². The number of hydrogen-bond acceptors (Lipinski definition) is 6. The van der Waals surface area contributed by atoms with Gasteiger partial charge in [0.2, 0.25) is 0 Å². The molecule has 2 aromatic carbocycles. The van der Waals surface area contributed by atoms with Crippen molar-refractivity contribution in [1.82, 2.24) is 0 Å². The summed E-state index contributed by atoms with van der Waals surface area (Å²) in [6.07, 6.45) is -2.57. The largest absolute Gasteiger partial charge is 0.425 e. The first-order chi connectivity index (χ1) is 12.5. The Morgan fingerprint density at radius 1 is 0.731 bits per heavy atom. The highest BCUT2D eigenvalue weighted by Gasteiger charge is 2.34. The molecule has 0 aliphatic carbocycles. The fourth-order valence-electron chi connectivity index (χ4n) is 2.18. The number of carbonyl (C=O) groups excluding carboxylic acids is 2. The number of rotatable bonds is 4. The third-order valence-corrected chi connectivity index (χ3v) is 3.48. The van der Waals surface area contributed by atoms with Crippen LogP contribution in [0.4, 0.5) is 8.78 Å². The molecule has 8 heteroatoms. The van der Waals surface area contributed by atoms with Gasteiger partial charge >= 0.3 is 11.9 Å². The maximum absolute atomic E-state index is 12.9. The lowest BCUT2D eigenvalue weighted by Gasteiger charge is -2.30. The van der Waals surface area contributed by atoms with Crippen molar-refractivity contribution in [3.63, 3.8) is 0 Å². The molecule has 26 heavy (non-hydrogen) atoms. The Balaban J connectivity index is 1.65. The molecule has 136 valence electrons. The normalized spacial score (nSPS) is 19.6. The average molecular weight is 364 g/mol. The van der Waals surface area contributed by atoms with Crippen LogP contribution in [-0.4, -0.2) is 37.7 Å². The van der Waals surface area contributed by atoms with E-state index in [-0.39, 0.29) is 24.3 Å². The van der Waals surface area contributed by atoms with Crippen LogP contribution < -0.4 is 0 Å². The summed E-state index contributed by atoms with van der Waals surface area (Å²) in [7, 11) is 0. The Bertz CT molecular complexity index is 708. The molecule has 3 rings (SSSR count). The zero-order valence-electron chi connectivity index (χ0n) is 13.4. The molecule has 0 bridgehead atoms. The van der Waals surface area contributed by atoms with E-state index in [9.17, 15) is 18.4 Å². The molecule has 0 saturated carbocycles. The fraction of sp³-hybridized carbons (Fsp3) is 0.222. The van der Waals surface area contributed by atoms with E-state index >= 15 is 0 Å². The first-order valence-corrected chi connectivity index (χ1v) is 7.69. The molecule has 0 N–H and O–H groups in total. The maximum atomic E-state index is 12.9. The second-order valence-corrected chi connectivity index (χ2v) is 5.30. The predicted molar refractivity (Wildman–Crippen MR) is 83.1 cm³/mol. The minimum Gasteiger partial charge on any atom is -0.425 e. The van der Waals surface area contributed by atoms with Crippen molar-refractivity contribution >= 4 is 11.9 Å². The van der Waals surface area contributed by atoms with Gasteiger partial charge in [-0.15, -0.1) is 0 Å². The highest BCUT2D eigenvalue weighted by atomic mass is 19.1. The highest BCUT2D eigenvalue weighted by Crippen LogP contribution is 2.17. The third kappa shape index (κ3) is 4.41. The summed E-state index contributed by atoms with van der Waals surface area (Å²) in [5.41, 5.74) is 0.202. The molecule has 1 aliphatic heterocycles. The van der Waals surface area contributed by atoms with Gasteiger partial charge in [-0.2, -0.15) is 0 Å². The molecule has 1 aliphatic rings. The van der Waals surface area contributed by atoms with Crippen molar-refractivity contribution in [2.24, 2.45) is 0 Å². The standard InChI is InChI=1S/C18H14F2O6/c19-13-5-1-11(2-6-13)15(21)25-17-18(24-10-9-23-17)26-16(22)12-3-7-14(20)8-4-12/h1-8,17-18H,9-10H2/t17-,18-/m1/s1. The molecule has 0 spiro atoms. The van der Waals surface area contributed by atoms with E-state index in [0.717, 1.165) is 24.3 Å². The van der Waals surface area contributed by atoms with E-state index < -0.39 is 36.2 Å². The van der Waals surface area contributed by atoms with E-state index in [1.165, 1.54) is 24.3 Å². The predicted octanol–water partition coefficient (Wildman–Crippen LogP) is 2.68. The Morgan fingerprint density at radius 3 is 1.42 bits per heavy atom. The van der Waals surface area contributed by atoms with Gasteiger partial charge < -0.3 is 18.9 Å². The van der Waals surface area contributed by atoms with Gasteiger partial charge in [0.1, 0.15) is 11.6 Å². The van der Waals surface area contributed by atoms with Crippen LogP contribution in [0.1, 0.15) is 20.7 Å². The van der Waals surface area contributed by atoms with Crippen molar-refractivity contribution < 1.29 is 37.3 Å². The van der Waals surface area contributed by atoms with Gasteiger partial charge in [-0.05, 0) is 48.5 Å². The summed E-state index contributed by atoms with van der Waals surface area (Å²) in [5, 5.41) is 0. The Morgan fingerprint density at radius 2 is 1.08 bits per heavy atom. The Labute approximate surface area is 147 Å². The smallest absolute Gasteiger partial charge is 0.340 e. The summed E-state index contributed by atoms with van der Waals surface area (Å²) in [6, 6.07) is 9.45. The molecule has 1 saturated heterocycles. The van der Waals surface area contributed by atoms with E-state index in [4.69, 9.17) is 18.9 Å². The number of ether oxygens (including phenoxy) is 4. The molecule has 1 heterocycles. The average Bonchev–Trinajstić information content (AvgIpc) is 2.64.